The Kier molecular flexibility index (Phi) is 6.94. The Morgan fingerprint density at radius 3 is 2.64 bits per heavy atom. The zero-order valence-corrected chi connectivity index (χ0v) is 15.9. The van der Waals surface area contributed by atoms with Gasteiger partial charge in [-0.3, -0.25) is 4.99 Å². The average Bonchev–Trinajstić information content (AvgIpc) is 3.03. The van der Waals surface area contributed by atoms with Gasteiger partial charge in [0.2, 0.25) is 0 Å². The molecule has 0 aliphatic heterocycles. The quantitative estimate of drug-likeness (QED) is 0.487. The molecule has 134 valence electrons. The number of aliphatic imine (C=N–C) groups is 1. The Bertz CT molecular complexity index is 725. The molecule has 0 saturated carbocycles. The number of nitrogens with zero attached hydrogens (tertiary/aromatic N) is 3. The first-order chi connectivity index (χ1) is 12.0. The van der Waals surface area contributed by atoms with Crippen molar-refractivity contribution >= 4 is 23.3 Å². The molecule has 0 atom stereocenters. The third-order valence-corrected chi connectivity index (χ3v) is 4.53. The highest BCUT2D eigenvalue weighted by atomic mass is 32.1. The number of carbonyl (C=O) groups is 1. The largest absolute Gasteiger partial charge is 0.465 e. The van der Waals surface area contributed by atoms with E-state index in [2.05, 4.69) is 25.6 Å². The molecule has 1 aromatic heterocycles. The highest BCUT2D eigenvalue weighted by molar-refractivity contribution is 7.09. The van der Waals surface area contributed by atoms with E-state index in [0.29, 0.717) is 5.56 Å². The lowest BCUT2D eigenvalue weighted by atomic mass is 10.1. The van der Waals surface area contributed by atoms with Crippen LogP contribution in [0.15, 0.2) is 34.6 Å². The van der Waals surface area contributed by atoms with E-state index in [9.17, 15) is 4.79 Å². The number of benzene rings is 1. The lowest BCUT2D eigenvalue weighted by Crippen LogP contribution is -2.39. The number of guanidine groups is 1. The van der Waals surface area contributed by atoms with Crippen molar-refractivity contribution in [3.05, 3.63) is 51.5 Å². The number of nitrogens with one attached hydrogen (secondary N) is 1. The monoisotopic (exact) mass is 360 g/mol. The minimum absolute atomic E-state index is 0.316. The highest BCUT2D eigenvalue weighted by Crippen LogP contribution is 2.10. The molecule has 25 heavy (non-hydrogen) atoms. The van der Waals surface area contributed by atoms with Crippen molar-refractivity contribution in [3.8, 4) is 0 Å². The summed E-state index contributed by atoms with van der Waals surface area (Å²) in [5.41, 5.74) is 2.76. The number of thiazole rings is 1. The summed E-state index contributed by atoms with van der Waals surface area (Å²) in [5, 5.41) is 6.50. The summed E-state index contributed by atoms with van der Waals surface area (Å²) in [6.45, 7) is 3.48. The van der Waals surface area contributed by atoms with Crippen molar-refractivity contribution in [1.82, 2.24) is 15.2 Å². The maximum absolute atomic E-state index is 11.4. The molecule has 0 fully saturated rings. The van der Waals surface area contributed by atoms with Crippen molar-refractivity contribution in [1.29, 1.82) is 0 Å². The standard InChI is InChI=1S/C18H24N4O2S/c1-13-21-16(12-25-13)11-22(3)18(19-2)20-10-9-14-5-7-15(8-6-14)17(23)24-4/h5-8,12H,9-11H2,1-4H3,(H,19,20). The summed E-state index contributed by atoms with van der Waals surface area (Å²) in [4.78, 5) is 22.3. The Labute approximate surface area is 152 Å². The van der Waals surface area contributed by atoms with Crippen LogP contribution in [0.4, 0.5) is 0 Å². The number of hydrogen-bond donors (Lipinski definition) is 1. The Morgan fingerprint density at radius 1 is 1.36 bits per heavy atom. The van der Waals surface area contributed by atoms with E-state index in [1.54, 1.807) is 30.5 Å². The van der Waals surface area contributed by atoms with Crippen LogP contribution >= 0.6 is 11.3 Å². The Hall–Kier alpha value is -2.41. The van der Waals surface area contributed by atoms with Crippen molar-refractivity contribution in [2.75, 3.05) is 27.7 Å². The zero-order valence-electron chi connectivity index (χ0n) is 15.1. The lowest BCUT2D eigenvalue weighted by Gasteiger charge is -2.21. The van der Waals surface area contributed by atoms with Gasteiger partial charge in [-0.05, 0) is 31.0 Å². The molecule has 1 N–H and O–H groups in total. The molecule has 1 aromatic carbocycles. The van der Waals surface area contributed by atoms with Gasteiger partial charge in [-0.1, -0.05) is 12.1 Å². The minimum atomic E-state index is -0.316. The third kappa shape index (κ3) is 5.56. The van der Waals surface area contributed by atoms with E-state index in [1.165, 1.54) is 7.11 Å². The summed E-state index contributed by atoms with van der Waals surface area (Å²) in [6.07, 6.45) is 0.837. The van der Waals surface area contributed by atoms with Crippen LogP contribution in [0.1, 0.15) is 26.6 Å². The topological polar surface area (TPSA) is 66.8 Å². The zero-order chi connectivity index (χ0) is 18.2. The van der Waals surface area contributed by atoms with Crippen LogP contribution in [0.3, 0.4) is 0 Å². The van der Waals surface area contributed by atoms with E-state index >= 15 is 0 Å². The molecule has 2 rings (SSSR count). The highest BCUT2D eigenvalue weighted by Gasteiger charge is 2.09. The number of rotatable bonds is 6. The second kappa shape index (κ2) is 9.17. The van der Waals surface area contributed by atoms with E-state index in [1.807, 2.05) is 26.1 Å². The average molecular weight is 360 g/mol. The summed E-state index contributed by atoms with van der Waals surface area (Å²) in [6, 6.07) is 7.45. The number of aromatic nitrogens is 1. The molecule has 0 aliphatic carbocycles. The maximum Gasteiger partial charge on any atom is 0.337 e. The molecule has 6 nitrogen and oxygen atoms in total. The van der Waals surface area contributed by atoms with Crippen molar-refractivity contribution in [2.24, 2.45) is 4.99 Å². The molecule has 1 heterocycles. The summed E-state index contributed by atoms with van der Waals surface area (Å²) >= 11 is 1.65. The fourth-order valence-corrected chi connectivity index (χ4v) is 3.03. The molecule has 0 radical (unpaired) electrons. The van der Waals surface area contributed by atoms with Gasteiger partial charge in [0, 0.05) is 26.0 Å². The number of ether oxygens (including phenoxy) is 1. The van der Waals surface area contributed by atoms with Gasteiger partial charge in [0.05, 0.1) is 29.9 Å². The van der Waals surface area contributed by atoms with Gasteiger partial charge in [0.1, 0.15) is 0 Å². The van der Waals surface area contributed by atoms with Crippen LogP contribution in [0.5, 0.6) is 0 Å². The molecule has 0 spiro atoms. The normalized spacial score (nSPS) is 11.3. The van der Waals surface area contributed by atoms with Gasteiger partial charge < -0.3 is 15.0 Å². The number of esters is 1. The first kappa shape index (κ1) is 18.9. The molecule has 0 unspecified atom stereocenters. The predicted octanol–water partition coefficient (Wildman–Crippen LogP) is 2.49. The number of carbonyl (C=O) groups excluding carboxylic acids is 1. The fourth-order valence-electron chi connectivity index (χ4n) is 2.43. The number of hydrogen-bond acceptors (Lipinski definition) is 5. The molecule has 2 aromatic rings. The van der Waals surface area contributed by atoms with Crippen LogP contribution in [-0.4, -0.2) is 49.6 Å². The minimum Gasteiger partial charge on any atom is -0.465 e. The molecule has 0 aliphatic rings. The van der Waals surface area contributed by atoms with Crippen molar-refractivity contribution in [2.45, 2.75) is 19.9 Å². The smallest absolute Gasteiger partial charge is 0.337 e. The Balaban J connectivity index is 1.83. The molecule has 0 saturated heterocycles. The summed E-state index contributed by atoms with van der Waals surface area (Å²) in [5.74, 6) is 0.515. The van der Waals surface area contributed by atoms with E-state index in [4.69, 9.17) is 4.74 Å². The second-order valence-electron chi connectivity index (χ2n) is 5.63. The molecular formula is C18H24N4O2S. The molecular weight excluding hydrogens is 336 g/mol. The van der Waals surface area contributed by atoms with E-state index in [0.717, 1.165) is 41.7 Å². The van der Waals surface area contributed by atoms with Crippen LogP contribution in [0, 0.1) is 6.92 Å². The Morgan fingerprint density at radius 2 is 2.08 bits per heavy atom. The first-order valence-corrected chi connectivity index (χ1v) is 8.91. The summed E-state index contributed by atoms with van der Waals surface area (Å²) < 4.78 is 4.70. The van der Waals surface area contributed by atoms with Gasteiger partial charge in [-0.15, -0.1) is 11.3 Å². The first-order valence-electron chi connectivity index (χ1n) is 8.03. The van der Waals surface area contributed by atoms with Gasteiger partial charge >= 0.3 is 5.97 Å². The molecule has 0 amide bonds. The van der Waals surface area contributed by atoms with Crippen LogP contribution in [0.25, 0.3) is 0 Å². The van der Waals surface area contributed by atoms with E-state index < -0.39 is 0 Å². The number of methoxy groups -OCH3 is 1. The van der Waals surface area contributed by atoms with Gasteiger partial charge in [0.15, 0.2) is 5.96 Å². The van der Waals surface area contributed by atoms with Gasteiger partial charge in [-0.25, -0.2) is 9.78 Å². The van der Waals surface area contributed by atoms with Gasteiger partial charge in [-0.2, -0.15) is 0 Å². The van der Waals surface area contributed by atoms with Crippen LogP contribution < -0.4 is 5.32 Å². The number of aryl methyl sites for hydroxylation is 1. The SMILES string of the molecule is CN=C(NCCc1ccc(C(=O)OC)cc1)N(C)Cc1csc(C)n1. The molecule has 7 heteroatoms. The fraction of sp³-hybridized carbons (Fsp3) is 0.389. The summed E-state index contributed by atoms with van der Waals surface area (Å²) in [7, 11) is 5.15. The third-order valence-electron chi connectivity index (χ3n) is 3.71. The van der Waals surface area contributed by atoms with Crippen LogP contribution in [0.2, 0.25) is 0 Å². The van der Waals surface area contributed by atoms with Crippen molar-refractivity contribution in [3.63, 3.8) is 0 Å². The molecule has 0 bridgehead atoms. The maximum atomic E-state index is 11.4. The van der Waals surface area contributed by atoms with Crippen molar-refractivity contribution < 1.29 is 9.53 Å². The second-order valence-corrected chi connectivity index (χ2v) is 6.69. The van der Waals surface area contributed by atoms with Crippen LogP contribution in [-0.2, 0) is 17.7 Å². The van der Waals surface area contributed by atoms with Gasteiger partial charge in [0.25, 0.3) is 0 Å². The lowest BCUT2D eigenvalue weighted by molar-refractivity contribution is 0.0600. The predicted molar refractivity (Wildman–Crippen MR) is 101 cm³/mol. The van der Waals surface area contributed by atoms with E-state index in [-0.39, 0.29) is 5.97 Å².